The number of ketones is 1. The molecule has 1 aliphatic heterocycles. The van der Waals surface area contributed by atoms with Gasteiger partial charge in [0.2, 0.25) is 0 Å². The minimum absolute atomic E-state index is 0.00638. The minimum Gasteiger partial charge on any atom is -0.480 e. The fourth-order valence-electron chi connectivity index (χ4n) is 11.4. The van der Waals surface area contributed by atoms with Gasteiger partial charge in [0.25, 0.3) is 0 Å². The number of carbonyl (C=O) groups is 1. The molecule has 36 heavy (non-hydrogen) atoms. The number of hydrogen-bond acceptors (Lipinski definition) is 5. The summed E-state index contributed by atoms with van der Waals surface area (Å²) in [6.45, 7) is 14.7. The normalized spacial score (nSPS) is 54.8. The van der Waals surface area contributed by atoms with Crippen molar-refractivity contribution in [3.63, 3.8) is 0 Å². The Labute approximate surface area is 218 Å². The van der Waals surface area contributed by atoms with Crippen molar-refractivity contribution in [2.24, 2.45) is 55.7 Å². The van der Waals surface area contributed by atoms with Crippen molar-refractivity contribution in [3.8, 4) is 0 Å². The molecule has 5 heteroatoms. The van der Waals surface area contributed by atoms with Gasteiger partial charge in [-0.05, 0) is 94.0 Å². The first-order valence-electron chi connectivity index (χ1n) is 14.9. The fourth-order valence-corrected chi connectivity index (χ4v) is 11.4. The van der Waals surface area contributed by atoms with Crippen LogP contribution < -0.4 is 0 Å². The Balaban J connectivity index is 1.36. The fraction of sp³-hybridized carbons (Fsp3) is 0.935. The summed E-state index contributed by atoms with van der Waals surface area (Å²) in [5.41, 5.74) is -0.153. The van der Waals surface area contributed by atoms with Gasteiger partial charge in [-0.25, -0.2) is 0 Å². The quantitative estimate of drug-likeness (QED) is 0.568. The van der Waals surface area contributed by atoms with Gasteiger partial charge >= 0.3 is 0 Å². The van der Waals surface area contributed by atoms with Crippen LogP contribution in [0.1, 0.15) is 92.9 Å². The average molecular weight is 499 g/mol. The van der Waals surface area contributed by atoms with Crippen molar-refractivity contribution in [2.45, 2.75) is 111 Å². The van der Waals surface area contributed by atoms with E-state index in [0.29, 0.717) is 36.0 Å². The van der Waals surface area contributed by atoms with Crippen LogP contribution in [0.2, 0.25) is 0 Å². The van der Waals surface area contributed by atoms with Crippen LogP contribution in [0.3, 0.4) is 0 Å². The Kier molecular flexibility index (Phi) is 5.34. The van der Waals surface area contributed by atoms with Crippen LogP contribution in [0.25, 0.3) is 0 Å². The lowest BCUT2D eigenvalue weighted by atomic mass is 9.41. The molecule has 202 valence electrons. The summed E-state index contributed by atoms with van der Waals surface area (Å²) in [7, 11) is 4.23. The van der Waals surface area contributed by atoms with Crippen LogP contribution in [0, 0.1) is 50.7 Å². The van der Waals surface area contributed by atoms with Gasteiger partial charge in [0.15, 0.2) is 5.90 Å². The third kappa shape index (κ3) is 2.71. The number of aliphatic imine (C=N–C) groups is 1. The molecule has 0 amide bonds. The number of rotatable bonds is 4. The highest BCUT2D eigenvalue weighted by molar-refractivity contribution is 5.92. The Morgan fingerprint density at radius 1 is 1.11 bits per heavy atom. The second kappa shape index (κ2) is 7.58. The molecule has 6 aliphatic rings. The van der Waals surface area contributed by atoms with E-state index in [-0.39, 0.29) is 45.1 Å². The van der Waals surface area contributed by atoms with E-state index in [1.54, 1.807) is 0 Å². The second-order valence-electron chi connectivity index (χ2n) is 15.0. The average Bonchev–Trinajstić information content (AvgIpc) is 3.46. The SMILES string of the molecule is CC[C@H](C)C1=N[C@H]2CCC34C[C@]35C(=O)C[C@]3(C)[C@@H]([C@H](C)N(C)C)[C@H](O)C[C@@]3(C)[C@@H]5CC[C@H]4[C@]2(C)CO1. The first-order chi connectivity index (χ1) is 16.8. The topological polar surface area (TPSA) is 62.1 Å². The van der Waals surface area contributed by atoms with Gasteiger partial charge in [0, 0.05) is 35.1 Å². The van der Waals surface area contributed by atoms with Crippen LogP contribution in [0.5, 0.6) is 0 Å². The van der Waals surface area contributed by atoms with Gasteiger partial charge in [-0.15, -0.1) is 0 Å². The third-order valence-electron chi connectivity index (χ3n) is 13.8. The predicted octanol–water partition coefficient (Wildman–Crippen LogP) is 5.35. The zero-order valence-corrected chi connectivity index (χ0v) is 24.1. The molecular formula is C31H50N2O3. The second-order valence-corrected chi connectivity index (χ2v) is 15.0. The number of aliphatic hydroxyl groups is 1. The van der Waals surface area contributed by atoms with Gasteiger partial charge in [-0.1, -0.05) is 34.6 Å². The summed E-state index contributed by atoms with van der Waals surface area (Å²) in [6, 6.07) is 0.586. The van der Waals surface area contributed by atoms with E-state index in [0.717, 1.165) is 51.0 Å². The van der Waals surface area contributed by atoms with Crippen LogP contribution in [0.15, 0.2) is 4.99 Å². The maximum Gasteiger partial charge on any atom is 0.186 e. The lowest BCUT2D eigenvalue weighted by Gasteiger charge is -2.63. The molecule has 6 rings (SSSR count). The summed E-state index contributed by atoms with van der Waals surface area (Å²) < 4.78 is 6.39. The van der Waals surface area contributed by atoms with E-state index < -0.39 is 0 Å². The molecule has 0 bridgehead atoms. The molecule has 0 saturated heterocycles. The third-order valence-corrected chi connectivity index (χ3v) is 13.8. The summed E-state index contributed by atoms with van der Waals surface area (Å²) in [5.74, 6) is 2.93. The van der Waals surface area contributed by atoms with Crippen molar-refractivity contribution < 1.29 is 14.6 Å². The van der Waals surface area contributed by atoms with Crippen LogP contribution in [-0.4, -0.2) is 60.6 Å². The van der Waals surface area contributed by atoms with E-state index in [4.69, 9.17) is 9.73 Å². The molecule has 0 aromatic heterocycles. The van der Waals surface area contributed by atoms with E-state index >= 15 is 0 Å². The van der Waals surface area contributed by atoms with Gasteiger partial charge in [-0.2, -0.15) is 0 Å². The summed E-state index contributed by atoms with van der Waals surface area (Å²) in [5, 5.41) is 11.5. The molecule has 1 unspecified atom stereocenters. The summed E-state index contributed by atoms with van der Waals surface area (Å²) in [6.07, 6.45) is 7.82. The zero-order chi connectivity index (χ0) is 26.1. The van der Waals surface area contributed by atoms with Gasteiger partial charge in [0.1, 0.15) is 5.78 Å². The maximum absolute atomic E-state index is 14.5. The number of nitrogens with zero attached hydrogens (tertiary/aromatic N) is 2. The Morgan fingerprint density at radius 3 is 2.47 bits per heavy atom. The highest BCUT2D eigenvalue weighted by Crippen LogP contribution is 2.88. The summed E-state index contributed by atoms with van der Waals surface area (Å²) >= 11 is 0. The number of ether oxygens (including phenoxy) is 1. The first kappa shape index (κ1) is 25.3. The van der Waals surface area contributed by atoms with E-state index in [1.165, 1.54) is 6.42 Å². The first-order valence-corrected chi connectivity index (χ1v) is 14.9. The van der Waals surface area contributed by atoms with Crippen molar-refractivity contribution in [1.82, 2.24) is 4.90 Å². The molecule has 5 saturated carbocycles. The molecular weight excluding hydrogens is 448 g/mol. The predicted molar refractivity (Wildman–Crippen MR) is 143 cm³/mol. The van der Waals surface area contributed by atoms with Crippen molar-refractivity contribution in [2.75, 3.05) is 20.7 Å². The lowest BCUT2D eigenvalue weighted by molar-refractivity contribution is -0.172. The Bertz CT molecular complexity index is 994. The number of Topliss-reactive ketones (excluding diaryl/α,β-unsaturated/α-hetero) is 1. The number of fused-ring (bicyclic) bond motifs is 4. The van der Waals surface area contributed by atoms with Crippen molar-refractivity contribution in [1.29, 1.82) is 0 Å². The summed E-state index contributed by atoms with van der Waals surface area (Å²) in [4.78, 5) is 21.9. The standard InChI is InChI=1S/C31H50N2O3/c1-9-18(2)26-32-23-12-13-30-16-31(30)22(11-10-21(30)27(23,4)17-36-26)28(5)14-20(34)25(19(3)33(7)8)29(28,6)15-24(31)35/h18-23,25,34H,9-17H2,1-8H3/t18-,19-,20+,21-,22-,23-,25-,27-,28-,29+,30?,31-/m0/s1. The monoisotopic (exact) mass is 498 g/mol. The van der Waals surface area contributed by atoms with Gasteiger partial charge in [-0.3, -0.25) is 9.79 Å². The molecule has 12 atom stereocenters. The minimum atomic E-state index is -0.332. The smallest absolute Gasteiger partial charge is 0.186 e. The molecule has 1 heterocycles. The maximum atomic E-state index is 14.5. The van der Waals surface area contributed by atoms with E-state index in [1.807, 2.05) is 0 Å². The number of aliphatic hydroxyl groups excluding tert-OH is 1. The van der Waals surface area contributed by atoms with E-state index in [2.05, 4.69) is 60.5 Å². The number of carbonyl (C=O) groups excluding carboxylic acids is 1. The van der Waals surface area contributed by atoms with E-state index in [9.17, 15) is 9.90 Å². The highest BCUT2D eigenvalue weighted by Gasteiger charge is 2.86. The van der Waals surface area contributed by atoms with Crippen molar-refractivity contribution >= 4 is 11.7 Å². The molecule has 0 aromatic rings. The van der Waals surface area contributed by atoms with Crippen LogP contribution in [-0.2, 0) is 9.53 Å². The highest BCUT2D eigenvalue weighted by atomic mass is 16.5. The molecule has 2 spiro atoms. The van der Waals surface area contributed by atoms with Gasteiger partial charge in [0.05, 0.1) is 18.8 Å². The Hall–Kier alpha value is -0.940. The molecule has 0 aromatic carbocycles. The lowest BCUT2D eigenvalue weighted by Crippen LogP contribution is -2.62. The molecule has 1 N–H and O–H groups in total. The molecule has 5 fully saturated rings. The van der Waals surface area contributed by atoms with Crippen LogP contribution in [0.4, 0.5) is 0 Å². The molecule has 0 radical (unpaired) electrons. The zero-order valence-electron chi connectivity index (χ0n) is 24.1. The number of hydrogen-bond donors (Lipinski definition) is 1. The van der Waals surface area contributed by atoms with Crippen LogP contribution >= 0.6 is 0 Å². The van der Waals surface area contributed by atoms with Gasteiger partial charge < -0.3 is 14.7 Å². The van der Waals surface area contributed by atoms with Crippen molar-refractivity contribution in [3.05, 3.63) is 0 Å². The molecule has 5 nitrogen and oxygen atoms in total. The molecule has 5 aliphatic carbocycles. The largest absolute Gasteiger partial charge is 0.480 e. The Morgan fingerprint density at radius 2 is 1.81 bits per heavy atom.